The molecule has 112 valence electrons. The fraction of sp³-hybridized carbons (Fsp3) is 0.0714. The zero-order chi connectivity index (χ0) is 15.5. The van der Waals surface area contributed by atoms with E-state index in [1.165, 1.54) is 0 Å². The number of para-hydroxylation sites is 1. The molecule has 0 radical (unpaired) electrons. The molecular weight excluding hydrogens is 345 g/mol. The summed E-state index contributed by atoms with van der Waals surface area (Å²) < 4.78 is 13.6. The van der Waals surface area contributed by atoms with Crippen molar-refractivity contribution in [3.63, 3.8) is 0 Å². The summed E-state index contributed by atoms with van der Waals surface area (Å²) in [6.45, 7) is -0.186. The number of carbonyl (C=O) groups is 1. The fourth-order valence-electron chi connectivity index (χ4n) is 1.83. The van der Waals surface area contributed by atoms with Crippen molar-refractivity contribution in [2.24, 2.45) is 0 Å². The Morgan fingerprint density at radius 3 is 2.77 bits per heavy atom. The second-order valence-electron chi connectivity index (χ2n) is 4.32. The molecule has 1 aromatic heterocycles. The molecule has 0 aliphatic carbocycles. The zero-order valence-electron chi connectivity index (χ0n) is 11.0. The van der Waals surface area contributed by atoms with Crippen LogP contribution in [0.25, 0.3) is 11.0 Å². The zero-order valence-corrected chi connectivity index (χ0v) is 13.4. The molecule has 0 unspecified atom stereocenters. The Bertz CT molecular complexity index is 838. The quantitative estimate of drug-likeness (QED) is 0.769. The number of halogens is 2. The third-order valence-corrected chi connectivity index (χ3v) is 4.01. The highest BCUT2D eigenvalue weighted by molar-refractivity contribution is 7.00. The molecule has 5 nitrogen and oxygen atoms in total. The van der Waals surface area contributed by atoms with Crippen molar-refractivity contribution in [1.82, 2.24) is 8.75 Å². The summed E-state index contributed by atoms with van der Waals surface area (Å²) in [6, 6.07) is 10.3. The van der Waals surface area contributed by atoms with Gasteiger partial charge < -0.3 is 10.1 Å². The highest BCUT2D eigenvalue weighted by Gasteiger charge is 2.13. The van der Waals surface area contributed by atoms with E-state index >= 15 is 0 Å². The molecule has 3 aromatic rings. The van der Waals surface area contributed by atoms with Gasteiger partial charge in [0, 0.05) is 0 Å². The number of ether oxygens (including phenoxy) is 1. The second-order valence-corrected chi connectivity index (χ2v) is 5.66. The Kier molecular flexibility index (Phi) is 4.42. The molecule has 0 aliphatic rings. The van der Waals surface area contributed by atoms with E-state index in [1.54, 1.807) is 36.4 Å². The van der Waals surface area contributed by atoms with Crippen molar-refractivity contribution in [1.29, 1.82) is 0 Å². The summed E-state index contributed by atoms with van der Waals surface area (Å²) in [6.07, 6.45) is 0. The summed E-state index contributed by atoms with van der Waals surface area (Å²) in [5, 5.41) is 3.53. The van der Waals surface area contributed by atoms with Crippen molar-refractivity contribution in [2.45, 2.75) is 0 Å². The molecule has 1 heterocycles. The maximum Gasteiger partial charge on any atom is 0.262 e. The van der Waals surface area contributed by atoms with Gasteiger partial charge in [-0.1, -0.05) is 35.3 Å². The van der Waals surface area contributed by atoms with Crippen LogP contribution in [0.4, 0.5) is 5.69 Å². The molecule has 0 fully saturated rings. The number of carbonyl (C=O) groups excluding carboxylic acids is 1. The number of fused-ring (bicyclic) bond motifs is 1. The van der Waals surface area contributed by atoms with Crippen LogP contribution in [0.2, 0.25) is 10.0 Å². The topological polar surface area (TPSA) is 64.1 Å². The van der Waals surface area contributed by atoms with Crippen LogP contribution >= 0.6 is 34.9 Å². The molecule has 0 atom stereocenters. The van der Waals surface area contributed by atoms with Crippen molar-refractivity contribution < 1.29 is 9.53 Å². The minimum absolute atomic E-state index is 0.186. The molecule has 0 aliphatic heterocycles. The number of benzene rings is 2. The van der Waals surface area contributed by atoms with Gasteiger partial charge in [-0.15, -0.1) is 0 Å². The molecular formula is C14H9Cl2N3O2S. The molecule has 22 heavy (non-hydrogen) atoms. The van der Waals surface area contributed by atoms with E-state index in [0.29, 0.717) is 32.5 Å². The van der Waals surface area contributed by atoms with Crippen LogP contribution in [-0.4, -0.2) is 21.3 Å². The van der Waals surface area contributed by atoms with Gasteiger partial charge in [-0.3, -0.25) is 4.79 Å². The van der Waals surface area contributed by atoms with Crippen molar-refractivity contribution in [3.05, 3.63) is 46.4 Å². The van der Waals surface area contributed by atoms with Crippen molar-refractivity contribution in [3.8, 4) is 5.75 Å². The lowest BCUT2D eigenvalue weighted by molar-refractivity contribution is -0.118. The third kappa shape index (κ3) is 3.14. The first-order valence-corrected chi connectivity index (χ1v) is 7.72. The van der Waals surface area contributed by atoms with Gasteiger partial charge in [0.25, 0.3) is 5.91 Å². The Morgan fingerprint density at radius 2 is 1.95 bits per heavy atom. The van der Waals surface area contributed by atoms with Gasteiger partial charge in [0.15, 0.2) is 6.61 Å². The van der Waals surface area contributed by atoms with E-state index in [9.17, 15) is 4.79 Å². The molecule has 0 bridgehead atoms. The minimum atomic E-state index is -0.359. The van der Waals surface area contributed by atoms with Crippen LogP contribution in [0, 0.1) is 0 Å². The summed E-state index contributed by atoms with van der Waals surface area (Å²) in [5.41, 5.74) is 1.67. The Balaban J connectivity index is 1.72. The molecule has 0 saturated carbocycles. The molecule has 8 heteroatoms. The molecule has 1 amide bonds. The molecule has 0 spiro atoms. The van der Waals surface area contributed by atoms with Crippen LogP contribution in [0.5, 0.6) is 5.75 Å². The number of nitrogens with zero attached hydrogens (tertiary/aromatic N) is 2. The van der Waals surface area contributed by atoms with Crippen molar-refractivity contribution in [2.75, 3.05) is 11.9 Å². The average Bonchev–Trinajstić information content (AvgIpc) is 2.98. The second kappa shape index (κ2) is 6.48. The monoisotopic (exact) mass is 353 g/mol. The standard InChI is InChI=1S/C14H9Cl2N3O2S/c15-8-3-1-2-4-11(8)21-7-12(20)17-13-9(16)5-6-10-14(13)19-22-18-10/h1-6H,7H2,(H,17,20). The highest BCUT2D eigenvalue weighted by atomic mass is 35.5. The van der Waals surface area contributed by atoms with Gasteiger partial charge in [-0.05, 0) is 24.3 Å². The molecule has 1 N–H and O–H groups in total. The summed E-state index contributed by atoms with van der Waals surface area (Å²) in [7, 11) is 0. The number of aromatic nitrogens is 2. The number of hydrogen-bond acceptors (Lipinski definition) is 5. The Morgan fingerprint density at radius 1 is 1.14 bits per heavy atom. The maximum absolute atomic E-state index is 12.0. The first-order chi connectivity index (χ1) is 10.6. The largest absolute Gasteiger partial charge is 0.482 e. The Hall–Kier alpha value is -1.89. The molecule has 0 saturated heterocycles. The number of hydrogen-bond donors (Lipinski definition) is 1. The van der Waals surface area contributed by atoms with Gasteiger partial charge in [0.1, 0.15) is 16.8 Å². The highest BCUT2D eigenvalue weighted by Crippen LogP contribution is 2.30. The number of anilines is 1. The predicted octanol–water partition coefficient (Wildman–Crippen LogP) is 4.02. The SMILES string of the molecule is O=C(COc1ccccc1Cl)Nc1c(Cl)ccc2nsnc12. The van der Waals surface area contributed by atoms with Crippen LogP contribution < -0.4 is 10.1 Å². The smallest absolute Gasteiger partial charge is 0.262 e. The lowest BCUT2D eigenvalue weighted by Gasteiger charge is -2.09. The predicted molar refractivity (Wildman–Crippen MR) is 88.0 cm³/mol. The fourth-order valence-corrected chi connectivity index (χ4v) is 2.76. The van der Waals surface area contributed by atoms with Crippen LogP contribution in [0.1, 0.15) is 0 Å². The van der Waals surface area contributed by atoms with E-state index < -0.39 is 0 Å². The van der Waals surface area contributed by atoms with Gasteiger partial charge in [-0.25, -0.2) is 0 Å². The lowest BCUT2D eigenvalue weighted by atomic mass is 10.2. The van der Waals surface area contributed by atoms with E-state index in [1.807, 2.05) is 0 Å². The lowest BCUT2D eigenvalue weighted by Crippen LogP contribution is -2.20. The number of nitrogens with one attached hydrogen (secondary N) is 1. The molecule has 3 rings (SSSR count). The molecule has 2 aromatic carbocycles. The average molecular weight is 354 g/mol. The van der Waals surface area contributed by atoms with Crippen LogP contribution in [-0.2, 0) is 4.79 Å². The van der Waals surface area contributed by atoms with Gasteiger partial charge in [0.2, 0.25) is 0 Å². The first-order valence-electron chi connectivity index (χ1n) is 6.23. The van der Waals surface area contributed by atoms with Gasteiger partial charge in [0.05, 0.1) is 27.5 Å². The van der Waals surface area contributed by atoms with E-state index in [2.05, 4.69) is 14.1 Å². The summed E-state index contributed by atoms with van der Waals surface area (Å²) >= 11 is 13.1. The summed E-state index contributed by atoms with van der Waals surface area (Å²) in [5.74, 6) is 0.0845. The van der Waals surface area contributed by atoms with Gasteiger partial charge >= 0.3 is 0 Å². The normalized spacial score (nSPS) is 10.6. The van der Waals surface area contributed by atoms with E-state index in [-0.39, 0.29) is 12.5 Å². The third-order valence-electron chi connectivity index (χ3n) is 2.84. The van der Waals surface area contributed by atoms with E-state index in [4.69, 9.17) is 27.9 Å². The number of amides is 1. The van der Waals surface area contributed by atoms with Crippen LogP contribution in [0.15, 0.2) is 36.4 Å². The maximum atomic E-state index is 12.0. The Labute approximate surface area is 140 Å². The van der Waals surface area contributed by atoms with E-state index in [0.717, 1.165) is 11.7 Å². The number of rotatable bonds is 4. The first kappa shape index (κ1) is 15.0. The minimum Gasteiger partial charge on any atom is -0.482 e. The summed E-state index contributed by atoms with van der Waals surface area (Å²) in [4.78, 5) is 12.0. The van der Waals surface area contributed by atoms with Gasteiger partial charge in [-0.2, -0.15) is 8.75 Å². The van der Waals surface area contributed by atoms with Crippen molar-refractivity contribution >= 4 is 57.6 Å². The van der Waals surface area contributed by atoms with Crippen LogP contribution in [0.3, 0.4) is 0 Å².